The van der Waals surface area contributed by atoms with Crippen LogP contribution in [-0.2, 0) is 5.75 Å². The van der Waals surface area contributed by atoms with Crippen LogP contribution < -0.4 is 16.6 Å². The fourth-order valence-corrected chi connectivity index (χ4v) is 3.22. The third-order valence-corrected chi connectivity index (χ3v) is 4.91. The summed E-state index contributed by atoms with van der Waals surface area (Å²) in [5.74, 6) is 0.835. The molecule has 1 aromatic heterocycles. The van der Waals surface area contributed by atoms with Gasteiger partial charge in [-0.05, 0) is 42.8 Å². The van der Waals surface area contributed by atoms with Crippen LogP contribution in [0.2, 0.25) is 5.02 Å². The molecule has 0 aliphatic heterocycles. The molecule has 0 amide bonds. The summed E-state index contributed by atoms with van der Waals surface area (Å²) in [7, 11) is 0. The second-order valence-corrected chi connectivity index (χ2v) is 7.23. The monoisotopic (exact) mass is 399 g/mol. The number of rotatable bonds is 5. The van der Waals surface area contributed by atoms with E-state index < -0.39 is 0 Å². The molecule has 6 nitrogen and oxygen atoms in total. The zero-order valence-electron chi connectivity index (χ0n) is 14.6. The molecule has 0 atom stereocenters. The van der Waals surface area contributed by atoms with Crippen molar-refractivity contribution < 1.29 is 0 Å². The van der Waals surface area contributed by atoms with Crippen molar-refractivity contribution in [2.45, 2.75) is 17.6 Å². The molecular formula is C19H18ClN5OS. The van der Waals surface area contributed by atoms with Gasteiger partial charge in [0.05, 0.1) is 5.69 Å². The molecule has 2 aromatic carbocycles. The summed E-state index contributed by atoms with van der Waals surface area (Å²) in [6.07, 6.45) is 0. The molecule has 0 unspecified atom stereocenters. The highest BCUT2D eigenvalue weighted by Crippen LogP contribution is 2.23. The number of aromatic amines is 1. The number of aryl methyl sites for hydroxylation is 1. The summed E-state index contributed by atoms with van der Waals surface area (Å²) in [4.78, 5) is 24.1. The summed E-state index contributed by atoms with van der Waals surface area (Å²) in [5.41, 5.74) is 8.15. The number of benzene rings is 2. The number of H-pyrrole nitrogens is 1. The van der Waals surface area contributed by atoms with Gasteiger partial charge in [-0.3, -0.25) is 9.78 Å². The van der Waals surface area contributed by atoms with E-state index in [0.717, 1.165) is 16.1 Å². The summed E-state index contributed by atoms with van der Waals surface area (Å²) >= 11 is 7.44. The van der Waals surface area contributed by atoms with Crippen LogP contribution in [0.1, 0.15) is 11.3 Å². The Morgan fingerprint density at radius 2 is 2.00 bits per heavy atom. The number of guanidine groups is 1. The first-order chi connectivity index (χ1) is 13.0. The Bertz CT molecular complexity index is 1020. The number of anilines is 1. The van der Waals surface area contributed by atoms with E-state index in [1.54, 1.807) is 11.8 Å². The van der Waals surface area contributed by atoms with Crippen LogP contribution in [0.4, 0.5) is 11.6 Å². The zero-order chi connectivity index (χ0) is 19.2. The number of nitrogens with two attached hydrogens (primary N) is 1. The van der Waals surface area contributed by atoms with Gasteiger partial charge in [-0.2, -0.15) is 4.99 Å². The molecule has 0 aliphatic carbocycles. The Morgan fingerprint density at radius 1 is 1.26 bits per heavy atom. The maximum atomic E-state index is 11.9. The first-order valence-corrected chi connectivity index (χ1v) is 9.51. The number of thioether (sulfide) groups is 1. The predicted molar refractivity (Wildman–Crippen MR) is 112 cm³/mol. The molecule has 1 heterocycles. The van der Waals surface area contributed by atoms with Crippen LogP contribution in [0.25, 0.3) is 0 Å². The van der Waals surface area contributed by atoms with Crippen LogP contribution in [-0.4, -0.2) is 15.9 Å². The first-order valence-electron chi connectivity index (χ1n) is 8.15. The van der Waals surface area contributed by atoms with Gasteiger partial charge in [0.15, 0.2) is 0 Å². The standard InChI is InChI=1S/C19H18ClN5OS/c1-12-4-2-3-5-16(12)23-18(21)25-19-22-14(10-17(26)24-19)11-27-15-8-6-13(20)7-9-15/h2-10H,11H2,1H3,(H4,21,22,23,24,25,26). The smallest absolute Gasteiger partial charge is 0.252 e. The third-order valence-electron chi connectivity index (χ3n) is 3.62. The van der Waals surface area contributed by atoms with Crippen LogP contribution in [0, 0.1) is 6.92 Å². The Hall–Kier alpha value is -2.77. The Morgan fingerprint density at radius 3 is 2.74 bits per heavy atom. The SMILES string of the molecule is Cc1ccccc1NC(N)=Nc1nc(CSc2ccc(Cl)cc2)cc(=O)[nH]1. The second kappa shape index (κ2) is 8.75. The van der Waals surface area contributed by atoms with E-state index in [2.05, 4.69) is 20.3 Å². The lowest BCUT2D eigenvalue weighted by atomic mass is 10.2. The lowest BCUT2D eigenvalue weighted by Crippen LogP contribution is -2.23. The second-order valence-electron chi connectivity index (χ2n) is 5.74. The number of aromatic nitrogens is 2. The normalized spacial score (nSPS) is 11.4. The van der Waals surface area contributed by atoms with Gasteiger partial charge in [0, 0.05) is 27.4 Å². The fraction of sp³-hybridized carbons (Fsp3) is 0.105. The van der Waals surface area contributed by atoms with E-state index in [9.17, 15) is 4.79 Å². The fourth-order valence-electron chi connectivity index (χ4n) is 2.30. The highest BCUT2D eigenvalue weighted by Gasteiger charge is 2.04. The lowest BCUT2D eigenvalue weighted by molar-refractivity contribution is 1.04. The number of hydrogen-bond donors (Lipinski definition) is 3. The van der Waals surface area contributed by atoms with Crippen molar-refractivity contribution in [1.29, 1.82) is 0 Å². The predicted octanol–water partition coefficient (Wildman–Crippen LogP) is 4.08. The van der Waals surface area contributed by atoms with Crippen molar-refractivity contribution in [3.05, 3.63) is 81.2 Å². The van der Waals surface area contributed by atoms with Crippen LogP contribution >= 0.6 is 23.4 Å². The number of nitrogens with one attached hydrogen (secondary N) is 2. The van der Waals surface area contributed by atoms with Gasteiger partial charge in [-0.25, -0.2) is 4.98 Å². The molecule has 3 aromatic rings. The maximum Gasteiger partial charge on any atom is 0.252 e. The van der Waals surface area contributed by atoms with Gasteiger partial charge in [0.1, 0.15) is 0 Å². The molecule has 0 fully saturated rings. The van der Waals surface area contributed by atoms with Crippen LogP contribution in [0.15, 0.2) is 69.3 Å². The van der Waals surface area contributed by atoms with Crippen LogP contribution in [0.5, 0.6) is 0 Å². The van der Waals surface area contributed by atoms with E-state index >= 15 is 0 Å². The summed E-state index contributed by atoms with van der Waals surface area (Å²) < 4.78 is 0. The molecule has 0 spiro atoms. The number of aliphatic imine (C=N–C) groups is 1. The van der Waals surface area contributed by atoms with Gasteiger partial charge in [0.25, 0.3) is 5.56 Å². The van der Waals surface area contributed by atoms with Gasteiger partial charge in [-0.1, -0.05) is 29.8 Å². The molecule has 0 saturated carbocycles. The molecule has 0 saturated heterocycles. The van der Waals surface area contributed by atoms with Crippen molar-refractivity contribution in [3.8, 4) is 0 Å². The Kier molecular flexibility index (Phi) is 6.16. The van der Waals surface area contributed by atoms with Crippen molar-refractivity contribution in [3.63, 3.8) is 0 Å². The zero-order valence-corrected chi connectivity index (χ0v) is 16.1. The molecule has 0 bridgehead atoms. The minimum atomic E-state index is -0.279. The highest BCUT2D eigenvalue weighted by atomic mass is 35.5. The topological polar surface area (TPSA) is 96.2 Å². The van der Waals surface area contributed by atoms with E-state index in [0.29, 0.717) is 16.5 Å². The van der Waals surface area contributed by atoms with E-state index in [4.69, 9.17) is 17.3 Å². The number of hydrogen-bond acceptors (Lipinski definition) is 4. The number of halogens is 1. The quantitative estimate of drug-likeness (QED) is 0.341. The minimum absolute atomic E-state index is 0.148. The Labute approximate surface area is 165 Å². The van der Waals surface area contributed by atoms with Crippen molar-refractivity contribution in [2.75, 3.05) is 5.32 Å². The van der Waals surface area contributed by atoms with E-state index in [1.165, 1.54) is 6.07 Å². The molecule has 4 N–H and O–H groups in total. The van der Waals surface area contributed by atoms with Gasteiger partial charge in [0.2, 0.25) is 11.9 Å². The highest BCUT2D eigenvalue weighted by molar-refractivity contribution is 7.98. The van der Waals surface area contributed by atoms with Gasteiger partial charge in [-0.15, -0.1) is 11.8 Å². The van der Waals surface area contributed by atoms with Crippen LogP contribution in [0.3, 0.4) is 0 Å². The summed E-state index contributed by atoms with van der Waals surface area (Å²) in [6, 6.07) is 16.6. The molecule has 138 valence electrons. The summed E-state index contributed by atoms with van der Waals surface area (Å²) in [5, 5.41) is 3.69. The first kappa shape index (κ1) is 19.0. The van der Waals surface area contributed by atoms with E-state index in [-0.39, 0.29) is 17.5 Å². The lowest BCUT2D eigenvalue weighted by Gasteiger charge is -2.08. The summed E-state index contributed by atoms with van der Waals surface area (Å²) in [6.45, 7) is 1.96. The molecule has 3 rings (SSSR count). The van der Waals surface area contributed by atoms with Crippen molar-refractivity contribution >= 4 is 41.0 Å². The van der Waals surface area contributed by atoms with Crippen molar-refractivity contribution in [2.24, 2.45) is 10.7 Å². The van der Waals surface area contributed by atoms with Gasteiger partial charge < -0.3 is 11.1 Å². The number of para-hydroxylation sites is 1. The average Bonchev–Trinajstić information content (AvgIpc) is 2.63. The van der Waals surface area contributed by atoms with Gasteiger partial charge >= 0.3 is 0 Å². The Balaban J connectivity index is 1.73. The third kappa shape index (κ3) is 5.60. The molecule has 27 heavy (non-hydrogen) atoms. The average molecular weight is 400 g/mol. The molecular weight excluding hydrogens is 382 g/mol. The molecule has 0 radical (unpaired) electrons. The minimum Gasteiger partial charge on any atom is -0.369 e. The van der Waals surface area contributed by atoms with Crippen molar-refractivity contribution in [1.82, 2.24) is 9.97 Å². The molecule has 0 aliphatic rings. The molecule has 8 heteroatoms. The van der Waals surface area contributed by atoms with E-state index in [1.807, 2.05) is 55.5 Å². The number of nitrogens with zero attached hydrogens (tertiary/aromatic N) is 2. The maximum absolute atomic E-state index is 11.9. The largest absolute Gasteiger partial charge is 0.369 e.